The maximum Gasteiger partial charge on any atom is 0.162 e. The van der Waals surface area contributed by atoms with Crippen molar-refractivity contribution in [1.29, 1.82) is 0 Å². The molecule has 2 nitrogen and oxygen atoms in total. The molecular weight excluding hydrogens is 375 g/mol. The van der Waals surface area contributed by atoms with E-state index in [1.165, 1.54) is 0 Å². The van der Waals surface area contributed by atoms with E-state index in [-0.39, 0.29) is 4.83 Å². The average molecular weight is 390 g/mol. The minimum Gasteiger partial charge on any atom is -0.493 e. The molecule has 0 aliphatic heterocycles. The molecule has 0 bridgehead atoms. The van der Waals surface area contributed by atoms with Crippen LogP contribution in [0.5, 0.6) is 11.5 Å². The first-order chi connectivity index (χ1) is 9.97. The molecule has 1 atom stereocenters. The summed E-state index contributed by atoms with van der Waals surface area (Å²) in [6.07, 6.45) is 0. The van der Waals surface area contributed by atoms with Gasteiger partial charge in [-0.3, -0.25) is 0 Å². The highest BCUT2D eigenvalue weighted by atomic mass is 79.9. The van der Waals surface area contributed by atoms with E-state index in [1.54, 1.807) is 20.3 Å². The molecule has 0 N–H and O–H groups in total. The Kier molecular flexibility index (Phi) is 5.42. The fraction of sp³-hybridized carbons (Fsp3) is 0.250. The van der Waals surface area contributed by atoms with Crippen LogP contribution in [0.2, 0.25) is 10.0 Å². The molecule has 0 aliphatic rings. The van der Waals surface area contributed by atoms with E-state index < -0.39 is 0 Å². The van der Waals surface area contributed by atoms with Crippen molar-refractivity contribution in [3.8, 4) is 11.5 Å². The van der Waals surface area contributed by atoms with Gasteiger partial charge in [-0.15, -0.1) is 0 Å². The quantitative estimate of drug-likeness (QED) is 0.615. The number of hydrogen-bond donors (Lipinski definition) is 0. The van der Waals surface area contributed by atoms with E-state index >= 15 is 0 Å². The molecule has 0 amide bonds. The van der Waals surface area contributed by atoms with E-state index in [4.69, 9.17) is 32.7 Å². The summed E-state index contributed by atoms with van der Waals surface area (Å²) in [4.78, 5) is -0.0806. The molecule has 0 saturated carbocycles. The Labute approximate surface area is 143 Å². The van der Waals surface area contributed by atoms with Crippen molar-refractivity contribution < 1.29 is 9.47 Å². The molecule has 21 heavy (non-hydrogen) atoms. The van der Waals surface area contributed by atoms with E-state index in [0.29, 0.717) is 16.5 Å². The van der Waals surface area contributed by atoms with Gasteiger partial charge in [0.05, 0.1) is 19.0 Å². The maximum atomic E-state index is 6.35. The van der Waals surface area contributed by atoms with Crippen LogP contribution in [0.4, 0.5) is 0 Å². The van der Waals surface area contributed by atoms with E-state index in [9.17, 15) is 0 Å². The second-order valence-corrected chi connectivity index (χ2v) is 6.33. The zero-order valence-electron chi connectivity index (χ0n) is 11.9. The summed E-state index contributed by atoms with van der Waals surface area (Å²) in [7, 11) is 3.18. The van der Waals surface area contributed by atoms with Crippen LogP contribution in [0.25, 0.3) is 0 Å². The molecule has 112 valence electrons. The first-order valence-corrected chi connectivity index (χ1v) is 7.96. The van der Waals surface area contributed by atoms with Crippen molar-refractivity contribution >= 4 is 39.1 Å². The molecule has 0 heterocycles. The lowest BCUT2D eigenvalue weighted by Gasteiger charge is -2.16. The number of halogens is 3. The summed E-state index contributed by atoms with van der Waals surface area (Å²) in [5.41, 5.74) is 2.97. The van der Waals surface area contributed by atoms with Crippen LogP contribution in [0.15, 0.2) is 30.3 Å². The molecule has 0 spiro atoms. The van der Waals surface area contributed by atoms with Crippen LogP contribution in [-0.2, 0) is 0 Å². The minimum absolute atomic E-state index is 0.0806. The van der Waals surface area contributed by atoms with Crippen molar-refractivity contribution in [2.24, 2.45) is 0 Å². The molecule has 0 radical (unpaired) electrons. The molecule has 2 rings (SSSR count). The molecule has 0 fully saturated rings. The lowest BCUT2D eigenvalue weighted by atomic mass is 10.0. The van der Waals surface area contributed by atoms with Gasteiger partial charge in [0.15, 0.2) is 11.5 Å². The number of rotatable bonds is 4. The van der Waals surface area contributed by atoms with Gasteiger partial charge in [-0.1, -0.05) is 51.3 Å². The Morgan fingerprint density at radius 2 is 1.57 bits per heavy atom. The largest absolute Gasteiger partial charge is 0.493 e. The van der Waals surface area contributed by atoms with Crippen molar-refractivity contribution in [2.75, 3.05) is 14.2 Å². The van der Waals surface area contributed by atoms with Gasteiger partial charge in [-0.2, -0.15) is 0 Å². The normalized spacial score (nSPS) is 12.1. The summed E-state index contributed by atoms with van der Waals surface area (Å²) in [5, 5.41) is 1.33. The fourth-order valence-corrected chi connectivity index (χ4v) is 3.26. The van der Waals surface area contributed by atoms with Gasteiger partial charge in [0.25, 0.3) is 0 Å². The summed E-state index contributed by atoms with van der Waals surface area (Å²) in [5.74, 6) is 1.24. The van der Waals surface area contributed by atoms with Crippen LogP contribution in [0, 0.1) is 6.92 Å². The molecule has 0 aliphatic carbocycles. The first-order valence-electron chi connectivity index (χ1n) is 6.29. The van der Waals surface area contributed by atoms with Crippen molar-refractivity contribution in [3.63, 3.8) is 0 Å². The molecular formula is C16H15BrCl2O2. The number of benzene rings is 2. The molecule has 0 aromatic heterocycles. The Balaban J connectivity index is 2.47. The van der Waals surface area contributed by atoms with E-state index in [1.807, 2.05) is 31.2 Å². The number of ether oxygens (including phenoxy) is 2. The summed E-state index contributed by atoms with van der Waals surface area (Å²) >= 11 is 16.2. The smallest absolute Gasteiger partial charge is 0.162 e. The summed E-state index contributed by atoms with van der Waals surface area (Å²) < 4.78 is 10.6. The van der Waals surface area contributed by atoms with Crippen molar-refractivity contribution in [1.82, 2.24) is 0 Å². The van der Waals surface area contributed by atoms with Crippen molar-refractivity contribution in [2.45, 2.75) is 11.8 Å². The lowest BCUT2D eigenvalue weighted by Crippen LogP contribution is -1.98. The summed E-state index contributed by atoms with van der Waals surface area (Å²) in [6, 6.07) is 9.56. The maximum absolute atomic E-state index is 6.35. The van der Waals surface area contributed by atoms with Crippen LogP contribution >= 0.6 is 39.1 Å². The fourth-order valence-electron chi connectivity index (χ4n) is 2.01. The minimum atomic E-state index is -0.0806. The van der Waals surface area contributed by atoms with Crippen molar-refractivity contribution in [3.05, 3.63) is 57.1 Å². The molecule has 2 aromatic carbocycles. The Morgan fingerprint density at radius 3 is 2.14 bits per heavy atom. The van der Waals surface area contributed by atoms with E-state index in [0.717, 1.165) is 21.7 Å². The van der Waals surface area contributed by atoms with Gasteiger partial charge < -0.3 is 9.47 Å². The van der Waals surface area contributed by atoms with Gasteiger partial charge in [0, 0.05) is 16.1 Å². The van der Waals surface area contributed by atoms with E-state index in [2.05, 4.69) is 15.9 Å². The summed E-state index contributed by atoms with van der Waals surface area (Å²) in [6.45, 7) is 1.97. The SMILES string of the molecule is COc1cc(Cl)c(C(Br)c2ccc(C)c(Cl)c2)cc1OC. The predicted molar refractivity (Wildman–Crippen MR) is 91.5 cm³/mol. The van der Waals surface area contributed by atoms with Gasteiger partial charge >= 0.3 is 0 Å². The van der Waals surface area contributed by atoms with Gasteiger partial charge in [0.1, 0.15) is 0 Å². The van der Waals surface area contributed by atoms with Crippen LogP contribution in [0.1, 0.15) is 21.5 Å². The Bertz CT molecular complexity index is 659. The van der Waals surface area contributed by atoms with Gasteiger partial charge in [-0.25, -0.2) is 0 Å². The van der Waals surface area contributed by atoms with Crippen LogP contribution in [-0.4, -0.2) is 14.2 Å². The van der Waals surface area contributed by atoms with Crippen LogP contribution in [0.3, 0.4) is 0 Å². The predicted octanol–water partition coefficient (Wildman–Crippen LogP) is 5.80. The average Bonchev–Trinajstić information content (AvgIpc) is 2.49. The monoisotopic (exact) mass is 388 g/mol. The zero-order valence-corrected chi connectivity index (χ0v) is 15.0. The molecule has 0 saturated heterocycles. The Hall–Kier alpha value is -0.900. The molecule has 1 unspecified atom stereocenters. The first kappa shape index (κ1) is 16.5. The highest BCUT2D eigenvalue weighted by Gasteiger charge is 2.18. The zero-order chi connectivity index (χ0) is 15.6. The third kappa shape index (κ3) is 3.47. The number of methoxy groups -OCH3 is 2. The van der Waals surface area contributed by atoms with Crippen LogP contribution < -0.4 is 9.47 Å². The Morgan fingerprint density at radius 1 is 0.952 bits per heavy atom. The molecule has 5 heteroatoms. The van der Waals surface area contributed by atoms with Gasteiger partial charge in [-0.05, 0) is 35.7 Å². The highest BCUT2D eigenvalue weighted by molar-refractivity contribution is 9.09. The number of hydrogen-bond acceptors (Lipinski definition) is 2. The number of aryl methyl sites for hydroxylation is 1. The van der Waals surface area contributed by atoms with Gasteiger partial charge in [0.2, 0.25) is 0 Å². The highest BCUT2D eigenvalue weighted by Crippen LogP contribution is 2.41. The standard InChI is InChI=1S/C16H15BrCl2O2/c1-9-4-5-10(6-12(9)18)16(17)11-7-14(20-2)15(21-3)8-13(11)19/h4-8,16H,1-3H3. The second kappa shape index (κ2) is 6.91. The lowest BCUT2D eigenvalue weighted by molar-refractivity contribution is 0.354. The molecule has 2 aromatic rings. The topological polar surface area (TPSA) is 18.5 Å². The third-order valence-electron chi connectivity index (χ3n) is 3.26. The second-order valence-electron chi connectivity index (χ2n) is 4.60. The number of alkyl halides is 1. The third-order valence-corrected chi connectivity index (χ3v) is 5.02.